The van der Waals surface area contributed by atoms with E-state index in [9.17, 15) is 4.79 Å². The third-order valence-electron chi connectivity index (χ3n) is 5.34. The third kappa shape index (κ3) is 5.89. The molecule has 0 unspecified atom stereocenters. The van der Waals surface area contributed by atoms with E-state index in [-0.39, 0.29) is 11.2 Å². The SMILES string of the molecule is COCCn1c(S[C@H](C)C(=O)Nc2ccc(N3CCOCC3)cc2)nnc1-c1ccncc1. The highest BCUT2D eigenvalue weighted by Gasteiger charge is 2.21. The van der Waals surface area contributed by atoms with Gasteiger partial charge in [0, 0.05) is 49.5 Å². The second-order valence-electron chi connectivity index (χ2n) is 7.58. The number of nitrogens with zero attached hydrogens (tertiary/aromatic N) is 5. The zero-order chi connectivity index (χ0) is 23.0. The maximum Gasteiger partial charge on any atom is 0.237 e. The van der Waals surface area contributed by atoms with Gasteiger partial charge in [-0.3, -0.25) is 14.3 Å². The Bertz CT molecular complexity index is 1040. The largest absolute Gasteiger partial charge is 0.383 e. The minimum absolute atomic E-state index is 0.0918. The molecule has 0 spiro atoms. The molecular formula is C23H28N6O3S. The van der Waals surface area contributed by atoms with Gasteiger partial charge < -0.3 is 19.7 Å². The zero-order valence-corrected chi connectivity index (χ0v) is 19.6. The summed E-state index contributed by atoms with van der Waals surface area (Å²) in [6.07, 6.45) is 3.44. The standard InChI is InChI=1S/C23H28N6O3S/c1-17(22(30)25-19-3-5-20(6-4-19)28-11-15-32-16-12-28)33-23-27-26-21(29(23)13-14-31-2)18-7-9-24-10-8-18/h3-10,17H,11-16H2,1-2H3,(H,25,30)/t17-/m1/s1. The number of ether oxygens (including phenoxy) is 2. The van der Waals surface area contributed by atoms with Crippen LogP contribution in [0.3, 0.4) is 0 Å². The molecule has 1 atom stereocenters. The summed E-state index contributed by atoms with van der Waals surface area (Å²) >= 11 is 1.37. The van der Waals surface area contributed by atoms with Crippen LogP contribution in [0.25, 0.3) is 11.4 Å². The molecule has 1 N–H and O–H groups in total. The van der Waals surface area contributed by atoms with Crippen molar-refractivity contribution >= 4 is 29.0 Å². The van der Waals surface area contributed by atoms with E-state index in [0.717, 1.165) is 49.1 Å². The molecule has 0 aliphatic carbocycles. The highest BCUT2D eigenvalue weighted by Crippen LogP contribution is 2.27. The molecular weight excluding hydrogens is 440 g/mol. The molecule has 1 aliphatic heterocycles. The number of morpholine rings is 1. The maximum absolute atomic E-state index is 12.9. The number of pyridine rings is 1. The normalized spacial score (nSPS) is 14.8. The summed E-state index contributed by atoms with van der Waals surface area (Å²) in [5, 5.41) is 12.0. The van der Waals surface area contributed by atoms with Crippen LogP contribution in [0.15, 0.2) is 53.9 Å². The molecule has 33 heavy (non-hydrogen) atoms. The summed E-state index contributed by atoms with van der Waals surface area (Å²) < 4.78 is 12.6. The number of nitrogens with one attached hydrogen (secondary N) is 1. The van der Waals surface area contributed by atoms with Gasteiger partial charge in [0.2, 0.25) is 5.91 Å². The van der Waals surface area contributed by atoms with E-state index in [1.807, 2.05) is 47.9 Å². The molecule has 2 aromatic heterocycles. The third-order valence-corrected chi connectivity index (χ3v) is 6.42. The van der Waals surface area contributed by atoms with Crippen molar-refractivity contribution in [2.24, 2.45) is 0 Å². The molecule has 9 nitrogen and oxygen atoms in total. The first-order chi connectivity index (χ1) is 16.2. The van der Waals surface area contributed by atoms with Crippen LogP contribution in [0.1, 0.15) is 6.92 Å². The average molecular weight is 469 g/mol. The minimum Gasteiger partial charge on any atom is -0.383 e. The van der Waals surface area contributed by atoms with Crippen molar-refractivity contribution in [1.82, 2.24) is 19.7 Å². The van der Waals surface area contributed by atoms with Gasteiger partial charge in [-0.15, -0.1) is 10.2 Å². The number of aromatic nitrogens is 4. The summed E-state index contributed by atoms with van der Waals surface area (Å²) in [4.78, 5) is 19.2. The van der Waals surface area contributed by atoms with Crippen LogP contribution >= 0.6 is 11.8 Å². The molecule has 1 aliphatic rings. The van der Waals surface area contributed by atoms with Crippen LogP contribution in [0.2, 0.25) is 0 Å². The zero-order valence-electron chi connectivity index (χ0n) is 18.8. The van der Waals surface area contributed by atoms with E-state index in [4.69, 9.17) is 9.47 Å². The van der Waals surface area contributed by atoms with Crippen molar-refractivity contribution < 1.29 is 14.3 Å². The first-order valence-corrected chi connectivity index (χ1v) is 11.8. The van der Waals surface area contributed by atoms with Crippen LogP contribution < -0.4 is 10.2 Å². The molecule has 174 valence electrons. The summed E-state index contributed by atoms with van der Waals surface area (Å²) in [7, 11) is 1.66. The van der Waals surface area contributed by atoms with Crippen LogP contribution in [-0.2, 0) is 20.8 Å². The van der Waals surface area contributed by atoms with Crippen molar-refractivity contribution in [3.8, 4) is 11.4 Å². The van der Waals surface area contributed by atoms with Gasteiger partial charge in [0.25, 0.3) is 0 Å². The fraction of sp³-hybridized carbons (Fsp3) is 0.391. The first-order valence-electron chi connectivity index (χ1n) is 10.9. The van der Waals surface area contributed by atoms with E-state index in [1.165, 1.54) is 11.8 Å². The number of benzene rings is 1. The Hall–Kier alpha value is -2.95. The van der Waals surface area contributed by atoms with E-state index in [1.54, 1.807) is 19.5 Å². The number of hydrogen-bond donors (Lipinski definition) is 1. The van der Waals surface area contributed by atoms with Crippen LogP contribution in [0.5, 0.6) is 0 Å². The van der Waals surface area contributed by atoms with E-state index in [0.29, 0.717) is 18.3 Å². The Morgan fingerprint density at radius 3 is 2.58 bits per heavy atom. The second kappa shape index (κ2) is 11.3. The molecule has 1 saturated heterocycles. The van der Waals surface area contributed by atoms with Crippen molar-refractivity contribution in [2.45, 2.75) is 23.9 Å². The van der Waals surface area contributed by atoms with Gasteiger partial charge in [0.15, 0.2) is 11.0 Å². The van der Waals surface area contributed by atoms with Gasteiger partial charge >= 0.3 is 0 Å². The monoisotopic (exact) mass is 468 g/mol. The van der Waals surface area contributed by atoms with E-state index in [2.05, 4.69) is 25.4 Å². The quantitative estimate of drug-likeness (QED) is 0.479. The summed E-state index contributed by atoms with van der Waals surface area (Å²) in [6.45, 7) is 6.20. The Kier molecular flexibility index (Phi) is 7.92. The van der Waals surface area contributed by atoms with Gasteiger partial charge in [0.05, 0.1) is 31.6 Å². The molecule has 0 saturated carbocycles. The summed E-state index contributed by atoms with van der Waals surface area (Å²) in [5.41, 5.74) is 2.81. The van der Waals surface area contributed by atoms with E-state index < -0.39 is 0 Å². The topological polar surface area (TPSA) is 94.4 Å². The lowest BCUT2D eigenvalue weighted by molar-refractivity contribution is -0.115. The van der Waals surface area contributed by atoms with E-state index >= 15 is 0 Å². The predicted octanol–water partition coefficient (Wildman–Crippen LogP) is 2.94. The molecule has 4 rings (SSSR count). The van der Waals surface area contributed by atoms with Gasteiger partial charge in [-0.1, -0.05) is 11.8 Å². The fourth-order valence-corrected chi connectivity index (χ4v) is 4.38. The lowest BCUT2D eigenvalue weighted by Gasteiger charge is -2.28. The Balaban J connectivity index is 1.41. The van der Waals surface area contributed by atoms with Gasteiger partial charge in [-0.25, -0.2) is 0 Å². The lowest BCUT2D eigenvalue weighted by Crippen LogP contribution is -2.36. The smallest absolute Gasteiger partial charge is 0.237 e. The average Bonchev–Trinajstić information content (AvgIpc) is 3.26. The number of thioether (sulfide) groups is 1. The number of carbonyl (C=O) groups excluding carboxylic acids is 1. The summed E-state index contributed by atoms with van der Waals surface area (Å²) in [6, 6.07) is 11.7. The molecule has 1 fully saturated rings. The highest BCUT2D eigenvalue weighted by atomic mass is 32.2. The summed E-state index contributed by atoms with van der Waals surface area (Å²) in [5.74, 6) is 0.633. The van der Waals surface area contributed by atoms with Crippen LogP contribution in [0, 0.1) is 0 Å². The predicted molar refractivity (Wildman–Crippen MR) is 129 cm³/mol. The molecule has 1 amide bonds. The lowest BCUT2D eigenvalue weighted by atomic mass is 10.2. The van der Waals surface area contributed by atoms with Gasteiger partial charge in [0.1, 0.15) is 0 Å². The number of amides is 1. The molecule has 3 aromatic rings. The van der Waals surface area contributed by atoms with Crippen molar-refractivity contribution in [2.75, 3.05) is 50.2 Å². The number of rotatable bonds is 9. The highest BCUT2D eigenvalue weighted by molar-refractivity contribution is 8.00. The first kappa shape index (κ1) is 23.2. The second-order valence-corrected chi connectivity index (χ2v) is 8.89. The molecule has 0 radical (unpaired) electrons. The number of methoxy groups -OCH3 is 1. The molecule has 1 aromatic carbocycles. The molecule has 3 heterocycles. The number of anilines is 2. The van der Waals surface area contributed by atoms with Crippen molar-refractivity contribution in [3.05, 3.63) is 48.8 Å². The van der Waals surface area contributed by atoms with Crippen LogP contribution in [0.4, 0.5) is 11.4 Å². The Labute approximate surface area is 197 Å². The van der Waals surface area contributed by atoms with Crippen molar-refractivity contribution in [3.63, 3.8) is 0 Å². The Morgan fingerprint density at radius 1 is 1.15 bits per heavy atom. The Morgan fingerprint density at radius 2 is 1.88 bits per heavy atom. The molecule has 0 bridgehead atoms. The fourth-order valence-electron chi connectivity index (χ4n) is 3.51. The maximum atomic E-state index is 12.9. The minimum atomic E-state index is -0.361. The molecule has 10 heteroatoms. The van der Waals surface area contributed by atoms with Crippen molar-refractivity contribution in [1.29, 1.82) is 0 Å². The number of carbonyl (C=O) groups is 1. The number of hydrogen-bond acceptors (Lipinski definition) is 8. The van der Waals surface area contributed by atoms with Crippen LogP contribution in [-0.4, -0.2) is 70.9 Å². The van der Waals surface area contributed by atoms with Gasteiger partial charge in [-0.2, -0.15) is 0 Å². The van der Waals surface area contributed by atoms with Gasteiger partial charge in [-0.05, 0) is 43.3 Å².